The molecule has 0 amide bonds. The van der Waals surface area contributed by atoms with Gasteiger partial charge < -0.3 is 0 Å². The molecule has 0 saturated carbocycles. The number of hydrogen-bond acceptors (Lipinski definition) is 1. The van der Waals surface area contributed by atoms with E-state index in [9.17, 15) is 8.78 Å². The first-order chi connectivity index (χ1) is 6.77. The number of halogens is 2. The van der Waals surface area contributed by atoms with E-state index in [1.165, 1.54) is 6.07 Å². The summed E-state index contributed by atoms with van der Waals surface area (Å²) < 4.78 is 26.0. The molecule has 0 radical (unpaired) electrons. The monoisotopic (exact) mass is 194 g/mol. The van der Waals surface area contributed by atoms with E-state index < -0.39 is 11.6 Å². The van der Waals surface area contributed by atoms with Crippen LogP contribution in [0.3, 0.4) is 0 Å². The Hall–Kier alpha value is -1.71. The molecule has 1 aromatic heterocycles. The number of rotatable bonds is 2. The molecule has 2 rings (SSSR count). The molecule has 0 fully saturated rings. The van der Waals surface area contributed by atoms with E-state index in [2.05, 4.69) is 10.2 Å². The highest BCUT2D eigenvalue weighted by molar-refractivity contribution is 5.24. The molecule has 0 spiro atoms. The van der Waals surface area contributed by atoms with Crippen LogP contribution in [0.1, 0.15) is 11.1 Å². The lowest BCUT2D eigenvalue weighted by atomic mass is 10.1. The summed E-state index contributed by atoms with van der Waals surface area (Å²) in [6.07, 6.45) is 3.59. The van der Waals surface area contributed by atoms with Gasteiger partial charge in [0.15, 0.2) is 11.6 Å². The van der Waals surface area contributed by atoms with Crippen LogP contribution >= 0.6 is 0 Å². The molecule has 72 valence electrons. The van der Waals surface area contributed by atoms with Gasteiger partial charge >= 0.3 is 0 Å². The fraction of sp³-hybridized carbons (Fsp3) is 0.100. The van der Waals surface area contributed by atoms with Crippen LogP contribution < -0.4 is 0 Å². The maximum absolute atomic E-state index is 13.2. The lowest BCUT2D eigenvalue weighted by Gasteiger charge is -2.00. The van der Waals surface area contributed by atoms with E-state index in [1.807, 2.05) is 0 Å². The lowest BCUT2D eigenvalue weighted by molar-refractivity contribution is 0.501. The fourth-order valence-corrected chi connectivity index (χ4v) is 1.28. The van der Waals surface area contributed by atoms with Crippen LogP contribution in [-0.4, -0.2) is 10.2 Å². The molecular weight excluding hydrogens is 186 g/mol. The Morgan fingerprint density at radius 1 is 1.29 bits per heavy atom. The van der Waals surface area contributed by atoms with Gasteiger partial charge in [0.1, 0.15) is 0 Å². The normalized spacial score (nSPS) is 10.4. The molecule has 2 nitrogen and oxygen atoms in total. The molecule has 0 bridgehead atoms. The highest BCUT2D eigenvalue weighted by atomic mass is 19.2. The Bertz CT molecular complexity index is 424. The van der Waals surface area contributed by atoms with Crippen molar-refractivity contribution in [3.05, 3.63) is 53.4 Å². The van der Waals surface area contributed by atoms with Crippen LogP contribution in [0.15, 0.2) is 30.6 Å². The van der Waals surface area contributed by atoms with Crippen molar-refractivity contribution in [1.82, 2.24) is 10.2 Å². The molecule has 1 heterocycles. The van der Waals surface area contributed by atoms with Crippen molar-refractivity contribution >= 4 is 0 Å². The van der Waals surface area contributed by atoms with Gasteiger partial charge in [-0.15, -0.1) is 0 Å². The Balaban J connectivity index is 2.29. The van der Waals surface area contributed by atoms with Gasteiger partial charge in [-0.05, 0) is 17.2 Å². The van der Waals surface area contributed by atoms with E-state index in [-0.39, 0.29) is 0 Å². The summed E-state index contributed by atoms with van der Waals surface area (Å²) >= 11 is 0. The Morgan fingerprint density at radius 2 is 2.14 bits per heavy atom. The highest BCUT2D eigenvalue weighted by Crippen LogP contribution is 2.14. The maximum atomic E-state index is 13.2. The molecule has 0 saturated heterocycles. The number of H-pyrrole nitrogens is 1. The molecule has 0 aliphatic carbocycles. The molecule has 0 aliphatic rings. The van der Waals surface area contributed by atoms with Crippen LogP contribution in [0.25, 0.3) is 0 Å². The molecule has 14 heavy (non-hydrogen) atoms. The summed E-state index contributed by atoms with van der Waals surface area (Å²) in [4.78, 5) is 0. The number of hydrogen-bond donors (Lipinski definition) is 1. The quantitative estimate of drug-likeness (QED) is 0.780. The van der Waals surface area contributed by atoms with Gasteiger partial charge in [0.05, 0.1) is 6.20 Å². The maximum Gasteiger partial charge on any atom is 0.162 e. The topological polar surface area (TPSA) is 28.7 Å². The van der Waals surface area contributed by atoms with Gasteiger partial charge in [0, 0.05) is 12.6 Å². The zero-order chi connectivity index (χ0) is 9.97. The third-order valence-corrected chi connectivity index (χ3v) is 1.98. The van der Waals surface area contributed by atoms with Crippen LogP contribution in [0.5, 0.6) is 0 Å². The summed E-state index contributed by atoms with van der Waals surface area (Å²) in [5, 5.41) is 6.35. The van der Waals surface area contributed by atoms with E-state index in [1.54, 1.807) is 18.5 Å². The van der Waals surface area contributed by atoms with E-state index in [4.69, 9.17) is 0 Å². The minimum Gasteiger partial charge on any atom is -0.285 e. The van der Waals surface area contributed by atoms with E-state index in [0.29, 0.717) is 12.0 Å². The molecule has 1 N–H and O–H groups in total. The summed E-state index contributed by atoms with van der Waals surface area (Å²) in [6, 6.07) is 4.16. The van der Waals surface area contributed by atoms with Crippen LogP contribution in [0, 0.1) is 11.6 Å². The summed E-state index contributed by atoms with van der Waals surface area (Å²) in [7, 11) is 0. The predicted molar refractivity (Wildman–Crippen MR) is 47.8 cm³/mol. The average molecular weight is 194 g/mol. The number of nitrogens with one attached hydrogen (secondary N) is 1. The SMILES string of the molecule is Fc1cccc(Cc2cn[nH]c2)c1F. The van der Waals surface area contributed by atoms with Gasteiger partial charge in [0.25, 0.3) is 0 Å². The molecule has 1 aromatic carbocycles. The van der Waals surface area contributed by atoms with Crippen LogP contribution in [0.2, 0.25) is 0 Å². The fourth-order valence-electron chi connectivity index (χ4n) is 1.28. The Kier molecular flexibility index (Phi) is 2.26. The Morgan fingerprint density at radius 3 is 2.86 bits per heavy atom. The smallest absolute Gasteiger partial charge is 0.162 e. The minimum absolute atomic E-state index is 0.339. The zero-order valence-electron chi connectivity index (χ0n) is 7.30. The molecule has 0 unspecified atom stereocenters. The summed E-state index contributed by atoms with van der Waals surface area (Å²) in [5.41, 5.74) is 1.17. The molecule has 4 heteroatoms. The van der Waals surface area contributed by atoms with Crippen molar-refractivity contribution < 1.29 is 8.78 Å². The van der Waals surface area contributed by atoms with Gasteiger partial charge in [-0.2, -0.15) is 5.10 Å². The standard InChI is InChI=1S/C10H8F2N2/c11-9-3-1-2-8(10(9)12)4-7-5-13-14-6-7/h1-3,5-6H,4H2,(H,13,14). The molecule has 0 atom stereocenters. The average Bonchev–Trinajstić information content (AvgIpc) is 2.66. The van der Waals surface area contributed by atoms with Crippen molar-refractivity contribution in [3.63, 3.8) is 0 Å². The van der Waals surface area contributed by atoms with E-state index >= 15 is 0 Å². The second kappa shape index (κ2) is 3.57. The Labute approximate surface area is 79.6 Å². The molecular formula is C10H8F2N2. The second-order valence-corrected chi connectivity index (χ2v) is 3.00. The first-order valence-corrected chi connectivity index (χ1v) is 4.18. The zero-order valence-corrected chi connectivity index (χ0v) is 7.30. The number of nitrogens with zero attached hydrogens (tertiary/aromatic N) is 1. The first-order valence-electron chi connectivity index (χ1n) is 4.18. The number of aromatic nitrogens is 2. The van der Waals surface area contributed by atoms with Gasteiger partial charge in [-0.3, -0.25) is 5.10 Å². The second-order valence-electron chi connectivity index (χ2n) is 3.00. The van der Waals surface area contributed by atoms with Gasteiger partial charge in [-0.25, -0.2) is 8.78 Å². The number of aromatic amines is 1. The third-order valence-electron chi connectivity index (χ3n) is 1.98. The highest BCUT2D eigenvalue weighted by Gasteiger charge is 2.07. The largest absolute Gasteiger partial charge is 0.285 e. The lowest BCUT2D eigenvalue weighted by Crippen LogP contribution is -1.94. The van der Waals surface area contributed by atoms with E-state index in [0.717, 1.165) is 11.6 Å². The third kappa shape index (κ3) is 1.64. The molecule has 2 aromatic rings. The van der Waals surface area contributed by atoms with Crippen LogP contribution in [0.4, 0.5) is 8.78 Å². The summed E-state index contributed by atoms with van der Waals surface area (Å²) in [6.45, 7) is 0. The van der Waals surface area contributed by atoms with Crippen molar-refractivity contribution in [2.45, 2.75) is 6.42 Å². The van der Waals surface area contributed by atoms with Crippen molar-refractivity contribution in [2.24, 2.45) is 0 Å². The van der Waals surface area contributed by atoms with Crippen molar-refractivity contribution in [3.8, 4) is 0 Å². The van der Waals surface area contributed by atoms with Crippen molar-refractivity contribution in [2.75, 3.05) is 0 Å². The van der Waals surface area contributed by atoms with Gasteiger partial charge in [-0.1, -0.05) is 12.1 Å². The van der Waals surface area contributed by atoms with Crippen molar-refractivity contribution in [1.29, 1.82) is 0 Å². The minimum atomic E-state index is -0.814. The summed E-state index contributed by atoms with van der Waals surface area (Å²) in [5.74, 6) is -1.60. The molecule has 0 aliphatic heterocycles. The first kappa shape index (κ1) is 8.87. The van der Waals surface area contributed by atoms with Gasteiger partial charge in [0.2, 0.25) is 0 Å². The number of benzene rings is 1. The predicted octanol–water partition coefficient (Wildman–Crippen LogP) is 2.28. The van der Waals surface area contributed by atoms with Crippen LogP contribution in [-0.2, 0) is 6.42 Å².